The number of rotatable bonds is 9. The van der Waals surface area contributed by atoms with Gasteiger partial charge in [0.05, 0.1) is 12.8 Å². The summed E-state index contributed by atoms with van der Waals surface area (Å²) in [6.45, 7) is 6.25. The molecule has 1 amide bonds. The van der Waals surface area contributed by atoms with Crippen molar-refractivity contribution in [2.24, 2.45) is 23.7 Å². The molecule has 1 aromatic carbocycles. The van der Waals surface area contributed by atoms with Crippen LogP contribution in [0.1, 0.15) is 77.2 Å². The summed E-state index contributed by atoms with van der Waals surface area (Å²) >= 11 is 0. The van der Waals surface area contributed by atoms with E-state index in [4.69, 9.17) is 24.0 Å². The van der Waals surface area contributed by atoms with Gasteiger partial charge in [-0.05, 0) is 43.6 Å². The Hall–Kier alpha value is -2.53. The van der Waals surface area contributed by atoms with Crippen molar-refractivity contribution in [3.8, 4) is 0 Å². The maximum Gasteiger partial charge on any atom is 0.308 e. The minimum atomic E-state index is -0.944. The Morgan fingerprint density at radius 2 is 1.85 bits per heavy atom. The molecule has 1 aliphatic carbocycles. The molecule has 4 heterocycles. The van der Waals surface area contributed by atoms with Crippen LogP contribution < -0.4 is 5.32 Å². The second-order valence-electron chi connectivity index (χ2n) is 11.8. The molecule has 1 saturated carbocycles. The number of nitrogens with one attached hydrogen (secondary N) is 1. The predicted octanol–water partition coefficient (Wildman–Crippen LogP) is 3.89. The Morgan fingerprint density at radius 3 is 2.59 bits per heavy atom. The van der Waals surface area contributed by atoms with Gasteiger partial charge in [-0.1, -0.05) is 44.2 Å². The van der Waals surface area contributed by atoms with Crippen LogP contribution in [-0.4, -0.2) is 53.5 Å². The molecule has 214 valence electrons. The minimum Gasteiger partial charge on any atom is -0.481 e. The SMILES string of the molecule is CC1CCC2C(C)C(OC(=O)CCC(=O)NCC(CC(=O)O)c3ccccc3)OC3OC4(C)CCC1C32OO4. The third-order valence-corrected chi connectivity index (χ3v) is 9.14. The van der Waals surface area contributed by atoms with Gasteiger partial charge in [0, 0.05) is 37.1 Å². The summed E-state index contributed by atoms with van der Waals surface area (Å²) in [7, 11) is 0. The van der Waals surface area contributed by atoms with Gasteiger partial charge in [-0.25, -0.2) is 9.78 Å². The van der Waals surface area contributed by atoms with E-state index in [9.17, 15) is 19.5 Å². The normalized spacial score (nSPS) is 37.7. The van der Waals surface area contributed by atoms with E-state index in [1.54, 1.807) is 0 Å². The van der Waals surface area contributed by atoms with E-state index >= 15 is 0 Å². The lowest BCUT2D eigenvalue weighted by atomic mass is 9.58. The number of hydrogen-bond acceptors (Lipinski definition) is 8. The molecule has 10 nitrogen and oxygen atoms in total. The van der Waals surface area contributed by atoms with Crippen LogP contribution in [-0.2, 0) is 38.4 Å². The maximum atomic E-state index is 12.8. The lowest BCUT2D eigenvalue weighted by Crippen LogP contribution is -2.70. The third-order valence-electron chi connectivity index (χ3n) is 9.14. The van der Waals surface area contributed by atoms with E-state index < -0.39 is 35.9 Å². The zero-order valence-corrected chi connectivity index (χ0v) is 22.8. The van der Waals surface area contributed by atoms with Gasteiger partial charge in [-0.2, -0.15) is 0 Å². The first-order valence-electron chi connectivity index (χ1n) is 14.0. The largest absolute Gasteiger partial charge is 0.481 e. The van der Waals surface area contributed by atoms with Gasteiger partial charge in [0.1, 0.15) is 0 Å². The van der Waals surface area contributed by atoms with Gasteiger partial charge >= 0.3 is 11.9 Å². The molecule has 4 saturated heterocycles. The highest BCUT2D eigenvalue weighted by Gasteiger charge is 2.69. The highest BCUT2D eigenvalue weighted by molar-refractivity contribution is 5.81. The number of carboxylic acid groups (broad SMARTS) is 1. The Kier molecular flexibility index (Phi) is 8.01. The lowest BCUT2D eigenvalue weighted by Gasteiger charge is -2.59. The molecule has 10 heteroatoms. The molecule has 1 aromatic rings. The first kappa shape index (κ1) is 28.0. The highest BCUT2D eigenvalue weighted by atomic mass is 17.3. The number of fused-ring (bicyclic) bond motifs is 2. The fourth-order valence-corrected chi connectivity index (χ4v) is 6.98. The number of amides is 1. The summed E-state index contributed by atoms with van der Waals surface area (Å²) in [6, 6.07) is 9.18. The average molecular weight is 546 g/mol. The molecule has 9 unspecified atom stereocenters. The van der Waals surface area contributed by atoms with E-state index in [0.29, 0.717) is 12.3 Å². The summed E-state index contributed by atoms with van der Waals surface area (Å²) in [5.41, 5.74) is 0.0963. The van der Waals surface area contributed by atoms with Crippen molar-refractivity contribution >= 4 is 17.8 Å². The van der Waals surface area contributed by atoms with Crippen molar-refractivity contribution in [3.63, 3.8) is 0 Å². The molecule has 0 aromatic heterocycles. The number of ether oxygens (including phenoxy) is 3. The van der Waals surface area contributed by atoms with Gasteiger partial charge in [-0.15, -0.1) is 0 Å². The Labute approximate surface area is 228 Å². The Morgan fingerprint density at radius 1 is 1.08 bits per heavy atom. The van der Waals surface area contributed by atoms with Gasteiger partial charge in [0.2, 0.25) is 18.0 Å². The van der Waals surface area contributed by atoms with Crippen LogP contribution >= 0.6 is 0 Å². The smallest absolute Gasteiger partial charge is 0.308 e. The van der Waals surface area contributed by atoms with Crippen LogP contribution in [0.15, 0.2) is 30.3 Å². The number of benzene rings is 1. The molecular formula is C29H39NO9. The summed E-state index contributed by atoms with van der Waals surface area (Å²) < 4.78 is 18.3. The predicted molar refractivity (Wildman–Crippen MR) is 137 cm³/mol. The number of carbonyl (C=O) groups excluding carboxylic acids is 2. The van der Waals surface area contributed by atoms with E-state index in [1.165, 1.54) is 0 Å². The van der Waals surface area contributed by atoms with E-state index in [1.807, 2.05) is 44.2 Å². The topological polar surface area (TPSA) is 130 Å². The fraction of sp³-hybridized carbons (Fsp3) is 0.690. The molecule has 9 atom stereocenters. The summed E-state index contributed by atoms with van der Waals surface area (Å²) in [5, 5.41) is 12.0. The summed E-state index contributed by atoms with van der Waals surface area (Å²) in [4.78, 5) is 48.5. The quantitative estimate of drug-likeness (QED) is 0.351. The molecule has 6 rings (SSSR count). The fourth-order valence-electron chi connectivity index (χ4n) is 6.98. The number of carbonyl (C=O) groups is 3. The monoisotopic (exact) mass is 545 g/mol. The van der Waals surface area contributed by atoms with Gasteiger partial charge in [-0.3, -0.25) is 14.4 Å². The minimum absolute atomic E-state index is 0.0327. The second kappa shape index (κ2) is 11.2. The van der Waals surface area contributed by atoms with E-state index in [2.05, 4.69) is 12.2 Å². The summed E-state index contributed by atoms with van der Waals surface area (Å²) in [5.74, 6) is -2.57. The van der Waals surface area contributed by atoms with Crippen molar-refractivity contribution in [1.82, 2.24) is 5.32 Å². The molecule has 2 bridgehead atoms. The van der Waals surface area contributed by atoms with Gasteiger partial charge in [0.25, 0.3) is 0 Å². The molecule has 5 aliphatic rings. The van der Waals surface area contributed by atoms with Crippen molar-refractivity contribution in [3.05, 3.63) is 35.9 Å². The van der Waals surface area contributed by atoms with Crippen LogP contribution in [0.25, 0.3) is 0 Å². The zero-order valence-electron chi connectivity index (χ0n) is 22.8. The Bertz CT molecular complexity index is 1070. The van der Waals surface area contributed by atoms with Crippen LogP contribution in [0.2, 0.25) is 0 Å². The lowest BCUT2D eigenvalue weighted by molar-refractivity contribution is -0.576. The maximum absolute atomic E-state index is 12.8. The van der Waals surface area contributed by atoms with E-state index in [-0.39, 0.29) is 55.4 Å². The molecular weight excluding hydrogens is 506 g/mol. The second-order valence-corrected chi connectivity index (χ2v) is 11.8. The highest BCUT2D eigenvalue weighted by Crippen LogP contribution is 2.60. The van der Waals surface area contributed by atoms with Crippen LogP contribution in [0.5, 0.6) is 0 Å². The van der Waals surface area contributed by atoms with E-state index in [0.717, 1.165) is 24.8 Å². The van der Waals surface area contributed by atoms with Gasteiger partial charge in [0.15, 0.2) is 11.9 Å². The third kappa shape index (κ3) is 5.57. The van der Waals surface area contributed by atoms with Crippen LogP contribution in [0.3, 0.4) is 0 Å². The molecule has 0 radical (unpaired) electrons. The number of aliphatic carboxylic acids is 1. The molecule has 5 fully saturated rings. The number of esters is 1. The average Bonchev–Trinajstić information content (AvgIpc) is 3.14. The van der Waals surface area contributed by atoms with Crippen LogP contribution in [0, 0.1) is 23.7 Å². The molecule has 39 heavy (non-hydrogen) atoms. The first-order valence-corrected chi connectivity index (χ1v) is 14.0. The standard InChI is InChI=1S/C29H39NO9/c1-17-9-10-22-18(2)26(36-27-29(22)21(17)13-14-28(3,37-27)38-39-29)35-25(34)12-11-23(31)30-16-20(15-24(32)33)19-7-5-4-6-8-19/h4-8,17-18,20-22,26-27H,9-16H2,1-3H3,(H,30,31)(H,32,33). The van der Waals surface area contributed by atoms with Crippen molar-refractivity contribution in [2.75, 3.05) is 6.54 Å². The van der Waals surface area contributed by atoms with Crippen molar-refractivity contribution in [1.29, 1.82) is 0 Å². The Balaban J connectivity index is 1.16. The molecule has 4 aliphatic heterocycles. The van der Waals surface area contributed by atoms with Crippen LogP contribution in [0.4, 0.5) is 0 Å². The van der Waals surface area contributed by atoms with Gasteiger partial charge < -0.3 is 24.6 Å². The molecule has 1 spiro atoms. The van der Waals surface area contributed by atoms with Crippen molar-refractivity contribution in [2.45, 2.75) is 95.6 Å². The summed E-state index contributed by atoms with van der Waals surface area (Å²) in [6.07, 6.45) is 1.71. The number of carboxylic acids is 1. The first-order chi connectivity index (χ1) is 18.6. The number of hydrogen-bond donors (Lipinski definition) is 2. The van der Waals surface area contributed by atoms with Crippen molar-refractivity contribution < 1.29 is 43.5 Å². The molecule has 2 N–H and O–H groups in total. The zero-order chi connectivity index (χ0) is 27.8.